The highest BCUT2D eigenvalue weighted by molar-refractivity contribution is 9.10. The van der Waals surface area contributed by atoms with Crippen LogP contribution in [0.4, 0.5) is 5.69 Å². The van der Waals surface area contributed by atoms with Gasteiger partial charge >= 0.3 is 0 Å². The van der Waals surface area contributed by atoms with E-state index in [0.717, 1.165) is 30.9 Å². The van der Waals surface area contributed by atoms with Crippen molar-refractivity contribution in [3.63, 3.8) is 0 Å². The summed E-state index contributed by atoms with van der Waals surface area (Å²) in [7, 11) is 0. The van der Waals surface area contributed by atoms with Crippen molar-refractivity contribution in [1.29, 1.82) is 0 Å². The van der Waals surface area contributed by atoms with Gasteiger partial charge in [0.15, 0.2) is 0 Å². The number of rotatable bonds is 7. The topological polar surface area (TPSA) is 71.1 Å². The molecule has 0 saturated carbocycles. The van der Waals surface area contributed by atoms with Crippen molar-refractivity contribution in [1.82, 2.24) is 10.3 Å². The maximum Gasteiger partial charge on any atom is 0.226 e. The van der Waals surface area contributed by atoms with Gasteiger partial charge in [0, 0.05) is 36.0 Å². The standard InChI is InChI=1S/C20H20BrN3O2S/c1-13-6-7-14(21)12-16(13)23-19(26)10-11-22-18(25)8-9-20-24-15-4-2-3-5-17(15)27-20/h2-7,12H,8-11H2,1H3,(H,22,25)(H,23,26). The summed E-state index contributed by atoms with van der Waals surface area (Å²) in [4.78, 5) is 28.6. The van der Waals surface area contributed by atoms with Gasteiger partial charge in [0.25, 0.3) is 0 Å². The van der Waals surface area contributed by atoms with Gasteiger partial charge in [-0.15, -0.1) is 11.3 Å². The number of nitrogens with zero attached hydrogens (tertiary/aromatic N) is 1. The van der Waals surface area contributed by atoms with Crippen LogP contribution < -0.4 is 10.6 Å². The molecule has 0 radical (unpaired) electrons. The first-order chi connectivity index (χ1) is 13.0. The molecular weight excluding hydrogens is 426 g/mol. The van der Waals surface area contributed by atoms with Crippen LogP contribution in [0.1, 0.15) is 23.4 Å². The molecule has 1 aromatic heterocycles. The maximum absolute atomic E-state index is 12.1. The molecule has 5 nitrogen and oxygen atoms in total. The number of hydrogen-bond acceptors (Lipinski definition) is 4. The average Bonchev–Trinajstić information content (AvgIpc) is 3.06. The minimum Gasteiger partial charge on any atom is -0.356 e. The number of anilines is 1. The zero-order valence-corrected chi connectivity index (χ0v) is 17.3. The number of para-hydroxylation sites is 1. The van der Waals surface area contributed by atoms with Crippen LogP contribution in [-0.2, 0) is 16.0 Å². The molecule has 2 amide bonds. The molecule has 27 heavy (non-hydrogen) atoms. The molecule has 0 bridgehead atoms. The lowest BCUT2D eigenvalue weighted by molar-refractivity contribution is -0.121. The Labute approximate surface area is 170 Å². The molecule has 0 unspecified atom stereocenters. The summed E-state index contributed by atoms with van der Waals surface area (Å²) < 4.78 is 2.04. The van der Waals surface area contributed by atoms with E-state index in [1.165, 1.54) is 0 Å². The number of carbonyl (C=O) groups excluding carboxylic acids is 2. The zero-order valence-electron chi connectivity index (χ0n) is 14.9. The van der Waals surface area contributed by atoms with Crippen LogP contribution in [0.2, 0.25) is 0 Å². The van der Waals surface area contributed by atoms with E-state index in [2.05, 4.69) is 31.5 Å². The average molecular weight is 446 g/mol. The van der Waals surface area contributed by atoms with Gasteiger partial charge in [0.1, 0.15) is 0 Å². The van der Waals surface area contributed by atoms with Crippen LogP contribution in [0.5, 0.6) is 0 Å². The van der Waals surface area contributed by atoms with E-state index in [4.69, 9.17) is 0 Å². The Kier molecular flexibility index (Phi) is 6.58. The first kappa shape index (κ1) is 19.5. The summed E-state index contributed by atoms with van der Waals surface area (Å²) in [5.41, 5.74) is 2.74. The van der Waals surface area contributed by atoms with Gasteiger partial charge in [0.2, 0.25) is 11.8 Å². The molecular formula is C20H20BrN3O2S. The molecule has 0 atom stereocenters. The number of nitrogens with one attached hydrogen (secondary N) is 2. The highest BCUT2D eigenvalue weighted by Gasteiger charge is 2.09. The van der Waals surface area contributed by atoms with Crippen molar-refractivity contribution in [3.05, 3.63) is 57.5 Å². The van der Waals surface area contributed by atoms with Crippen molar-refractivity contribution < 1.29 is 9.59 Å². The van der Waals surface area contributed by atoms with Crippen LogP contribution in [0.3, 0.4) is 0 Å². The number of benzene rings is 2. The van der Waals surface area contributed by atoms with Gasteiger partial charge in [-0.3, -0.25) is 9.59 Å². The number of carbonyl (C=O) groups is 2. The summed E-state index contributed by atoms with van der Waals surface area (Å²) in [5, 5.41) is 6.62. The molecule has 2 aromatic carbocycles. The Balaban J connectivity index is 1.40. The fraction of sp³-hybridized carbons (Fsp3) is 0.250. The number of amides is 2. The highest BCUT2D eigenvalue weighted by Crippen LogP contribution is 2.22. The number of halogens is 1. The molecule has 0 saturated heterocycles. The van der Waals surface area contributed by atoms with Crippen molar-refractivity contribution >= 4 is 55.0 Å². The molecule has 0 fully saturated rings. The van der Waals surface area contributed by atoms with Crippen molar-refractivity contribution in [2.24, 2.45) is 0 Å². The van der Waals surface area contributed by atoms with Crippen LogP contribution in [0, 0.1) is 6.92 Å². The van der Waals surface area contributed by atoms with Crippen molar-refractivity contribution in [2.75, 3.05) is 11.9 Å². The number of hydrogen-bond donors (Lipinski definition) is 2. The monoisotopic (exact) mass is 445 g/mol. The van der Waals surface area contributed by atoms with E-state index in [0.29, 0.717) is 19.4 Å². The van der Waals surface area contributed by atoms with Crippen LogP contribution >= 0.6 is 27.3 Å². The van der Waals surface area contributed by atoms with E-state index in [9.17, 15) is 9.59 Å². The Morgan fingerprint density at radius 3 is 2.74 bits per heavy atom. The van der Waals surface area contributed by atoms with Gasteiger partial charge in [-0.2, -0.15) is 0 Å². The van der Waals surface area contributed by atoms with Crippen molar-refractivity contribution in [2.45, 2.75) is 26.2 Å². The van der Waals surface area contributed by atoms with Gasteiger partial charge in [-0.25, -0.2) is 4.98 Å². The first-order valence-corrected chi connectivity index (χ1v) is 10.3. The summed E-state index contributed by atoms with van der Waals surface area (Å²) in [6, 6.07) is 13.7. The normalized spacial score (nSPS) is 10.7. The molecule has 1 heterocycles. The number of fused-ring (bicyclic) bond motifs is 1. The molecule has 0 aliphatic rings. The molecule has 140 valence electrons. The first-order valence-electron chi connectivity index (χ1n) is 8.68. The fourth-order valence-electron chi connectivity index (χ4n) is 2.59. The van der Waals surface area contributed by atoms with E-state index in [-0.39, 0.29) is 18.2 Å². The van der Waals surface area contributed by atoms with Crippen LogP contribution in [0.15, 0.2) is 46.9 Å². The largest absolute Gasteiger partial charge is 0.356 e. The van der Waals surface area contributed by atoms with Crippen LogP contribution in [-0.4, -0.2) is 23.3 Å². The summed E-state index contributed by atoms with van der Waals surface area (Å²) in [6.07, 6.45) is 1.21. The molecule has 0 aliphatic heterocycles. The van der Waals surface area contributed by atoms with E-state index >= 15 is 0 Å². The van der Waals surface area contributed by atoms with Gasteiger partial charge in [-0.1, -0.05) is 34.1 Å². The van der Waals surface area contributed by atoms with E-state index in [1.807, 2.05) is 49.4 Å². The van der Waals surface area contributed by atoms with Gasteiger partial charge in [0.05, 0.1) is 15.2 Å². The minimum absolute atomic E-state index is 0.0688. The second-order valence-electron chi connectivity index (χ2n) is 6.18. The SMILES string of the molecule is Cc1ccc(Br)cc1NC(=O)CCNC(=O)CCc1nc2ccccc2s1. The van der Waals surface area contributed by atoms with Gasteiger partial charge < -0.3 is 10.6 Å². The third-order valence-electron chi connectivity index (χ3n) is 4.05. The van der Waals surface area contributed by atoms with Crippen molar-refractivity contribution in [3.8, 4) is 0 Å². The van der Waals surface area contributed by atoms with Crippen LogP contribution in [0.25, 0.3) is 10.2 Å². The van der Waals surface area contributed by atoms with E-state index in [1.54, 1.807) is 11.3 Å². The Morgan fingerprint density at radius 2 is 1.93 bits per heavy atom. The molecule has 2 N–H and O–H groups in total. The lowest BCUT2D eigenvalue weighted by Crippen LogP contribution is -2.27. The quantitative estimate of drug-likeness (QED) is 0.564. The fourth-order valence-corrected chi connectivity index (χ4v) is 3.92. The summed E-state index contributed by atoms with van der Waals surface area (Å²) >= 11 is 5.01. The predicted octanol–water partition coefficient (Wildman–Crippen LogP) is 4.44. The third kappa shape index (κ3) is 5.61. The zero-order chi connectivity index (χ0) is 19.2. The Bertz CT molecular complexity index is 938. The summed E-state index contributed by atoms with van der Waals surface area (Å²) in [6.45, 7) is 2.25. The summed E-state index contributed by atoms with van der Waals surface area (Å²) in [5.74, 6) is -0.191. The highest BCUT2D eigenvalue weighted by atomic mass is 79.9. The predicted molar refractivity (Wildman–Crippen MR) is 113 cm³/mol. The number of thiazole rings is 1. The Morgan fingerprint density at radius 1 is 1.11 bits per heavy atom. The third-order valence-corrected chi connectivity index (χ3v) is 5.64. The molecule has 3 rings (SSSR count). The minimum atomic E-state index is -0.123. The number of aromatic nitrogens is 1. The molecule has 3 aromatic rings. The maximum atomic E-state index is 12.1. The Hall–Kier alpha value is -2.25. The van der Waals surface area contributed by atoms with E-state index < -0.39 is 0 Å². The van der Waals surface area contributed by atoms with Gasteiger partial charge in [-0.05, 0) is 36.8 Å². The second kappa shape index (κ2) is 9.10. The molecule has 0 spiro atoms. The molecule has 7 heteroatoms. The smallest absolute Gasteiger partial charge is 0.226 e. The molecule has 0 aliphatic carbocycles. The lowest BCUT2D eigenvalue weighted by atomic mass is 10.2. The lowest BCUT2D eigenvalue weighted by Gasteiger charge is -2.09. The second-order valence-corrected chi connectivity index (χ2v) is 8.21. The number of aryl methyl sites for hydroxylation is 2.